The zero-order chi connectivity index (χ0) is 15.7. The Labute approximate surface area is 128 Å². The summed E-state index contributed by atoms with van der Waals surface area (Å²) >= 11 is 0. The summed E-state index contributed by atoms with van der Waals surface area (Å²) in [6, 6.07) is 0. The van der Waals surface area contributed by atoms with Gasteiger partial charge in [-0.25, -0.2) is 0 Å². The summed E-state index contributed by atoms with van der Waals surface area (Å²) in [5.41, 5.74) is 0. The van der Waals surface area contributed by atoms with Crippen molar-refractivity contribution in [3.05, 3.63) is 0 Å². The molecule has 122 valence electrons. The van der Waals surface area contributed by atoms with Crippen LogP contribution in [0.15, 0.2) is 0 Å². The zero-order valence-electron chi connectivity index (χ0n) is 13.6. The van der Waals surface area contributed by atoms with Crippen LogP contribution in [0.5, 0.6) is 0 Å². The first-order valence-corrected chi connectivity index (χ1v) is 8.19. The number of rotatable bonds is 9. The van der Waals surface area contributed by atoms with Gasteiger partial charge in [0, 0.05) is 13.1 Å². The minimum absolute atomic E-state index is 0.272. The summed E-state index contributed by atoms with van der Waals surface area (Å²) in [7, 11) is 0. The second kappa shape index (κ2) is 9.77. The van der Waals surface area contributed by atoms with Gasteiger partial charge < -0.3 is 14.4 Å². The van der Waals surface area contributed by atoms with E-state index in [0.29, 0.717) is 26.3 Å². The van der Waals surface area contributed by atoms with Gasteiger partial charge in [-0.15, -0.1) is 0 Å². The first kappa shape index (κ1) is 18.0. The molecule has 1 saturated heterocycles. The van der Waals surface area contributed by atoms with Crippen molar-refractivity contribution in [1.29, 1.82) is 0 Å². The Balaban J connectivity index is 2.56. The van der Waals surface area contributed by atoms with Gasteiger partial charge in [0.2, 0.25) is 0 Å². The van der Waals surface area contributed by atoms with Crippen LogP contribution in [0.2, 0.25) is 0 Å². The monoisotopic (exact) mass is 299 g/mol. The summed E-state index contributed by atoms with van der Waals surface area (Å²) in [5.74, 6) is -1.30. The lowest BCUT2D eigenvalue weighted by molar-refractivity contribution is -0.157. The van der Waals surface area contributed by atoms with E-state index in [0.717, 1.165) is 13.0 Å². The Kier molecular flexibility index (Phi) is 8.35. The van der Waals surface area contributed by atoms with Gasteiger partial charge in [0.15, 0.2) is 0 Å². The smallest absolute Gasteiger partial charge is 0.311 e. The fourth-order valence-corrected chi connectivity index (χ4v) is 2.81. The van der Waals surface area contributed by atoms with Crippen molar-refractivity contribution in [2.24, 2.45) is 11.8 Å². The van der Waals surface area contributed by atoms with Crippen LogP contribution in [-0.4, -0.2) is 49.7 Å². The molecule has 5 nitrogen and oxygen atoms in total. The lowest BCUT2D eigenvalue weighted by Crippen LogP contribution is -2.31. The molecule has 1 aliphatic rings. The molecule has 1 aliphatic heterocycles. The van der Waals surface area contributed by atoms with Crippen LogP contribution < -0.4 is 0 Å². The van der Waals surface area contributed by atoms with E-state index in [1.54, 1.807) is 13.8 Å². The molecule has 0 N–H and O–H groups in total. The number of hydrogen-bond acceptors (Lipinski definition) is 5. The van der Waals surface area contributed by atoms with Crippen molar-refractivity contribution < 1.29 is 19.1 Å². The summed E-state index contributed by atoms with van der Waals surface area (Å²) in [4.78, 5) is 26.3. The molecule has 0 radical (unpaired) electrons. The SMILES string of the molecule is CCCCCCN1C[C@H](C(=O)OCC)[C@H](C(=O)OCC)C1. The summed E-state index contributed by atoms with van der Waals surface area (Å²) in [5, 5.41) is 0. The van der Waals surface area contributed by atoms with Gasteiger partial charge >= 0.3 is 11.9 Å². The van der Waals surface area contributed by atoms with E-state index in [4.69, 9.17) is 9.47 Å². The van der Waals surface area contributed by atoms with E-state index in [2.05, 4.69) is 11.8 Å². The highest BCUT2D eigenvalue weighted by molar-refractivity contribution is 5.83. The Bertz CT molecular complexity index is 306. The molecule has 0 spiro atoms. The third kappa shape index (κ3) is 5.65. The van der Waals surface area contributed by atoms with Crippen LogP contribution in [0.4, 0.5) is 0 Å². The van der Waals surface area contributed by atoms with Gasteiger partial charge in [-0.3, -0.25) is 9.59 Å². The van der Waals surface area contributed by atoms with Crippen LogP contribution in [-0.2, 0) is 19.1 Å². The Morgan fingerprint density at radius 2 is 1.43 bits per heavy atom. The van der Waals surface area contributed by atoms with Gasteiger partial charge in [-0.2, -0.15) is 0 Å². The molecular weight excluding hydrogens is 270 g/mol. The maximum atomic E-state index is 12.0. The number of carbonyl (C=O) groups excluding carboxylic acids is 2. The van der Waals surface area contributed by atoms with Crippen molar-refractivity contribution in [3.8, 4) is 0 Å². The van der Waals surface area contributed by atoms with Crippen LogP contribution in [0, 0.1) is 11.8 Å². The number of esters is 2. The highest BCUT2D eigenvalue weighted by Crippen LogP contribution is 2.26. The van der Waals surface area contributed by atoms with E-state index in [1.807, 2.05) is 0 Å². The summed E-state index contributed by atoms with van der Waals surface area (Å²) in [6.07, 6.45) is 4.74. The Morgan fingerprint density at radius 3 is 1.86 bits per heavy atom. The van der Waals surface area contributed by atoms with E-state index in [1.165, 1.54) is 19.3 Å². The van der Waals surface area contributed by atoms with Crippen LogP contribution in [0.25, 0.3) is 0 Å². The van der Waals surface area contributed by atoms with Crippen LogP contribution in [0.1, 0.15) is 46.5 Å². The molecule has 0 amide bonds. The number of likely N-dealkylation sites (tertiary alicyclic amines) is 1. The fraction of sp³-hybridized carbons (Fsp3) is 0.875. The summed E-state index contributed by atoms with van der Waals surface area (Å²) in [6.45, 7) is 8.60. The van der Waals surface area contributed by atoms with E-state index in [-0.39, 0.29) is 23.8 Å². The number of ether oxygens (including phenoxy) is 2. The molecule has 21 heavy (non-hydrogen) atoms. The first-order chi connectivity index (χ1) is 10.1. The van der Waals surface area contributed by atoms with Gasteiger partial charge in [-0.05, 0) is 26.8 Å². The minimum atomic E-state index is -0.379. The van der Waals surface area contributed by atoms with E-state index < -0.39 is 0 Å². The van der Waals surface area contributed by atoms with E-state index in [9.17, 15) is 9.59 Å². The van der Waals surface area contributed by atoms with E-state index >= 15 is 0 Å². The van der Waals surface area contributed by atoms with Crippen molar-refractivity contribution >= 4 is 11.9 Å². The predicted molar refractivity (Wildman–Crippen MR) is 80.8 cm³/mol. The lowest BCUT2D eigenvalue weighted by Gasteiger charge is -2.15. The molecule has 0 unspecified atom stereocenters. The molecule has 5 heteroatoms. The van der Waals surface area contributed by atoms with Gasteiger partial charge in [0.05, 0.1) is 25.0 Å². The van der Waals surface area contributed by atoms with Crippen molar-refractivity contribution in [2.75, 3.05) is 32.8 Å². The number of unbranched alkanes of at least 4 members (excludes halogenated alkanes) is 3. The van der Waals surface area contributed by atoms with Crippen molar-refractivity contribution in [1.82, 2.24) is 4.90 Å². The summed E-state index contributed by atoms with van der Waals surface area (Å²) < 4.78 is 10.2. The molecule has 1 rings (SSSR count). The zero-order valence-corrected chi connectivity index (χ0v) is 13.6. The maximum absolute atomic E-state index is 12.0. The van der Waals surface area contributed by atoms with Crippen molar-refractivity contribution in [3.63, 3.8) is 0 Å². The molecule has 0 aromatic rings. The first-order valence-electron chi connectivity index (χ1n) is 8.19. The molecule has 0 aliphatic carbocycles. The van der Waals surface area contributed by atoms with Crippen LogP contribution >= 0.6 is 0 Å². The molecule has 2 atom stereocenters. The molecule has 0 saturated carbocycles. The minimum Gasteiger partial charge on any atom is -0.466 e. The predicted octanol–water partition coefficient (Wildman–Crippen LogP) is 2.24. The normalized spacial score (nSPS) is 22.2. The van der Waals surface area contributed by atoms with Crippen LogP contribution in [0.3, 0.4) is 0 Å². The maximum Gasteiger partial charge on any atom is 0.311 e. The fourth-order valence-electron chi connectivity index (χ4n) is 2.81. The second-order valence-electron chi connectivity index (χ2n) is 5.54. The highest BCUT2D eigenvalue weighted by Gasteiger charge is 2.43. The second-order valence-corrected chi connectivity index (χ2v) is 5.54. The topological polar surface area (TPSA) is 55.8 Å². The molecule has 0 aromatic carbocycles. The molecule has 0 aromatic heterocycles. The van der Waals surface area contributed by atoms with Crippen molar-refractivity contribution in [2.45, 2.75) is 46.5 Å². The lowest BCUT2D eigenvalue weighted by atomic mass is 9.96. The quantitative estimate of drug-likeness (QED) is 0.483. The largest absolute Gasteiger partial charge is 0.466 e. The van der Waals surface area contributed by atoms with Gasteiger partial charge in [-0.1, -0.05) is 26.2 Å². The number of carbonyl (C=O) groups is 2. The van der Waals surface area contributed by atoms with Gasteiger partial charge in [0.1, 0.15) is 0 Å². The molecule has 1 heterocycles. The highest BCUT2D eigenvalue weighted by atomic mass is 16.5. The number of nitrogens with zero attached hydrogens (tertiary/aromatic N) is 1. The third-order valence-corrected chi connectivity index (χ3v) is 3.90. The Hall–Kier alpha value is -1.10. The molecular formula is C16H29NO4. The Morgan fingerprint density at radius 1 is 0.905 bits per heavy atom. The average Bonchev–Trinajstić information content (AvgIpc) is 2.88. The molecule has 1 fully saturated rings. The molecule has 0 bridgehead atoms. The third-order valence-electron chi connectivity index (χ3n) is 3.90. The number of hydrogen-bond donors (Lipinski definition) is 0. The average molecular weight is 299 g/mol. The standard InChI is InChI=1S/C16H29NO4/c1-4-7-8-9-10-17-11-13(15(18)20-5-2)14(12-17)16(19)21-6-3/h13-14H,4-12H2,1-3H3/t13-,14+. The van der Waals surface area contributed by atoms with Gasteiger partial charge in [0.25, 0.3) is 0 Å².